The summed E-state index contributed by atoms with van der Waals surface area (Å²) in [4.78, 5) is 21.4. The second-order valence-electron chi connectivity index (χ2n) is 7.79. The fourth-order valence-corrected chi connectivity index (χ4v) is 7.61. The van der Waals surface area contributed by atoms with Gasteiger partial charge in [-0.15, -0.1) is 0 Å². The second kappa shape index (κ2) is 11.2. The van der Waals surface area contributed by atoms with Gasteiger partial charge in [-0.1, -0.05) is 42.0 Å². The van der Waals surface area contributed by atoms with E-state index in [9.17, 15) is 17.8 Å². The van der Waals surface area contributed by atoms with Gasteiger partial charge in [-0.2, -0.15) is 0 Å². The van der Waals surface area contributed by atoms with Crippen molar-refractivity contribution in [3.05, 3.63) is 71.5 Å². The Labute approximate surface area is 205 Å². The molecule has 0 spiro atoms. The summed E-state index contributed by atoms with van der Waals surface area (Å²) in [6, 6.07) is 13.4. The summed E-state index contributed by atoms with van der Waals surface area (Å²) < 4.78 is 48.4. The monoisotopic (exact) mass is 517 g/mol. The third-order valence-electron chi connectivity index (χ3n) is 5.04. The first kappa shape index (κ1) is 26.7. The van der Waals surface area contributed by atoms with Crippen molar-refractivity contribution < 1.29 is 26.8 Å². The Bertz CT molecular complexity index is 1330. The Balaban J connectivity index is 1.77. The van der Waals surface area contributed by atoms with Gasteiger partial charge in [0.05, 0.1) is 30.0 Å². The molecule has 186 valence electrons. The number of anilines is 1. The van der Waals surface area contributed by atoms with Crippen LogP contribution in [0.25, 0.3) is 11.3 Å². The lowest BCUT2D eigenvalue weighted by atomic mass is 10.1. The van der Waals surface area contributed by atoms with E-state index in [-0.39, 0.29) is 41.8 Å². The molecular weight excluding hydrogens is 489 g/mol. The van der Waals surface area contributed by atoms with Crippen molar-refractivity contribution >= 4 is 29.0 Å². The van der Waals surface area contributed by atoms with Crippen LogP contribution in [0.3, 0.4) is 0 Å². The van der Waals surface area contributed by atoms with Crippen molar-refractivity contribution in [2.75, 3.05) is 24.4 Å². The number of rotatable bonds is 11. The van der Waals surface area contributed by atoms with Crippen LogP contribution in [0.5, 0.6) is 0 Å². The number of hydrogen-bond acceptors (Lipinski definition) is 9. The summed E-state index contributed by atoms with van der Waals surface area (Å²) >= 11 is 0. The van der Waals surface area contributed by atoms with E-state index >= 15 is 0 Å². The first-order chi connectivity index (χ1) is 16.6. The minimum atomic E-state index is -3.95. The minimum absolute atomic E-state index is 0.0210. The summed E-state index contributed by atoms with van der Waals surface area (Å²) in [6.07, 6.45) is 1.46. The highest BCUT2D eigenvalue weighted by atomic mass is 32.2. The summed E-state index contributed by atoms with van der Waals surface area (Å²) in [5.74, 6) is -0.329. The number of Topliss-reactive ketones (excluding diaryl/α,β-unsaturated/α-hetero) is 1. The molecule has 0 fully saturated rings. The number of carbonyl (C=O) groups excluding carboxylic acids is 1. The molecule has 35 heavy (non-hydrogen) atoms. The molecule has 9 nitrogen and oxygen atoms in total. The van der Waals surface area contributed by atoms with Crippen molar-refractivity contribution in [3.63, 3.8) is 0 Å². The molecule has 0 amide bonds. The molecule has 0 saturated heterocycles. The molecular formula is C24H28N3O6PS. The van der Waals surface area contributed by atoms with E-state index in [0.717, 1.165) is 11.1 Å². The molecule has 0 aliphatic rings. The van der Waals surface area contributed by atoms with Crippen LogP contribution in [-0.2, 0) is 29.9 Å². The average molecular weight is 518 g/mol. The Morgan fingerprint density at radius 1 is 1.00 bits per heavy atom. The Kier molecular flexibility index (Phi) is 8.56. The number of nitrogens with zero attached hydrogens (tertiary/aromatic N) is 2. The number of aryl methyl sites for hydroxylation is 1. The third-order valence-corrected chi connectivity index (χ3v) is 9.96. The van der Waals surface area contributed by atoms with Crippen LogP contribution in [0.2, 0.25) is 0 Å². The topological polar surface area (TPSA) is 139 Å². The van der Waals surface area contributed by atoms with Gasteiger partial charge in [-0.25, -0.2) is 18.4 Å². The molecule has 2 aromatic carbocycles. The molecule has 0 bridgehead atoms. The van der Waals surface area contributed by atoms with Crippen molar-refractivity contribution in [1.82, 2.24) is 9.97 Å². The van der Waals surface area contributed by atoms with Gasteiger partial charge in [-0.05, 0) is 38.5 Å². The quantitative estimate of drug-likeness (QED) is 0.288. The summed E-state index contributed by atoms with van der Waals surface area (Å²) in [7, 11) is -7.74. The van der Waals surface area contributed by atoms with Crippen LogP contribution >= 0.6 is 7.60 Å². The van der Waals surface area contributed by atoms with Gasteiger partial charge < -0.3 is 14.8 Å². The van der Waals surface area contributed by atoms with Gasteiger partial charge in [-0.3, -0.25) is 9.36 Å². The van der Waals surface area contributed by atoms with E-state index in [1.54, 1.807) is 13.8 Å². The lowest BCUT2D eigenvalue weighted by molar-refractivity contribution is 0.0989. The molecule has 0 saturated carbocycles. The zero-order valence-corrected chi connectivity index (χ0v) is 21.5. The molecule has 0 atom stereocenters. The van der Waals surface area contributed by atoms with Crippen LogP contribution in [0.15, 0.2) is 59.6 Å². The highest BCUT2D eigenvalue weighted by Gasteiger charge is 2.32. The minimum Gasteiger partial charge on any atom is -0.382 e. The van der Waals surface area contributed by atoms with Gasteiger partial charge in [0.1, 0.15) is 5.69 Å². The molecule has 3 aromatic rings. The van der Waals surface area contributed by atoms with E-state index in [2.05, 4.69) is 9.97 Å². The van der Waals surface area contributed by atoms with Gasteiger partial charge in [0.25, 0.3) is 0 Å². The number of nitrogen functional groups attached to an aromatic ring is 1. The van der Waals surface area contributed by atoms with Gasteiger partial charge in [0.2, 0.25) is 0 Å². The first-order valence-electron chi connectivity index (χ1n) is 11.0. The molecule has 3 rings (SSSR count). The van der Waals surface area contributed by atoms with E-state index in [1.807, 2.05) is 31.2 Å². The number of aromatic nitrogens is 2. The molecule has 0 aliphatic heterocycles. The molecule has 1 aromatic heterocycles. The van der Waals surface area contributed by atoms with Crippen molar-refractivity contribution in [2.45, 2.75) is 32.1 Å². The second-order valence-corrected chi connectivity index (χ2v) is 12.3. The molecule has 0 radical (unpaired) electrons. The van der Waals surface area contributed by atoms with E-state index in [1.165, 1.54) is 30.5 Å². The van der Waals surface area contributed by atoms with Crippen molar-refractivity contribution in [2.24, 2.45) is 0 Å². The zero-order valence-electron chi connectivity index (χ0n) is 19.8. The van der Waals surface area contributed by atoms with Crippen molar-refractivity contribution in [1.29, 1.82) is 0 Å². The SMILES string of the molecule is CCOP(=O)(CS(=O)(=O)c1ccc(CC(=O)c2nc(-c3ccc(C)cc3)cnc2N)cc1)OCC. The largest absolute Gasteiger partial charge is 0.382 e. The zero-order chi connectivity index (χ0) is 25.6. The number of sulfone groups is 1. The maximum absolute atomic E-state index is 12.9. The highest BCUT2D eigenvalue weighted by Crippen LogP contribution is 2.50. The lowest BCUT2D eigenvalue weighted by Gasteiger charge is -2.17. The maximum atomic E-state index is 12.9. The van der Waals surface area contributed by atoms with E-state index < -0.39 is 22.9 Å². The Morgan fingerprint density at radius 3 is 2.17 bits per heavy atom. The molecule has 11 heteroatoms. The summed E-state index contributed by atoms with van der Waals surface area (Å²) in [5, 5.41) is 0. The molecule has 0 unspecified atom stereocenters. The number of benzene rings is 2. The molecule has 2 N–H and O–H groups in total. The fraction of sp³-hybridized carbons (Fsp3) is 0.292. The summed E-state index contributed by atoms with van der Waals surface area (Å²) in [5.41, 5.74) is 8.19. The predicted octanol–water partition coefficient (Wildman–Crippen LogP) is 4.46. The standard InChI is InChI=1S/C24H28N3O6PS/c1-4-32-34(29,33-5-2)16-35(30,31)20-12-8-18(9-13-20)14-22(28)23-24(25)26-15-21(27-23)19-10-6-17(3)7-11-19/h6-13,15H,4-5,14,16H2,1-3H3,(H2,25,26). The normalized spacial score (nSPS) is 12.0. The van der Waals surface area contributed by atoms with Gasteiger partial charge in [0.15, 0.2) is 26.9 Å². The van der Waals surface area contributed by atoms with Crippen LogP contribution in [0, 0.1) is 6.92 Å². The first-order valence-corrected chi connectivity index (χ1v) is 14.4. The maximum Gasteiger partial charge on any atom is 0.346 e. The van der Waals surface area contributed by atoms with Crippen LogP contribution in [0.4, 0.5) is 5.82 Å². The smallest absolute Gasteiger partial charge is 0.346 e. The number of nitrogens with two attached hydrogens (primary N) is 1. The number of hydrogen-bond donors (Lipinski definition) is 1. The van der Waals surface area contributed by atoms with E-state index in [4.69, 9.17) is 14.8 Å². The molecule has 0 aliphatic carbocycles. The van der Waals surface area contributed by atoms with Crippen LogP contribution in [-0.4, -0.2) is 42.9 Å². The summed E-state index contributed by atoms with van der Waals surface area (Å²) in [6.45, 7) is 5.31. The van der Waals surface area contributed by atoms with Gasteiger partial charge in [0, 0.05) is 12.0 Å². The van der Waals surface area contributed by atoms with Crippen LogP contribution in [0.1, 0.15) is 35.5 Å². The average Bonchev–Trinajstić information content (AvgIpc) is 2.80. The Morgan fingerprint density at radius 2 is 1.60 bits per heavy atom. The van der Waals surface area contributed by atoms with Crippen LogP contribution < -0.4 is 5.73 Å². The highest BCUT2D eigenvalue weighted by molar-refractivity contribution is 7.97. The number of ketones is 1. The predicted molar refractivity (Wildman–Crippen MR) is 134 cm³/mol. The van der Waals surface area contributed by atoms with E-state index in [0.29, 0.717) is 11.3 Å². The fourth-order valence-electron chi connectivity index (χ4n) is 3.34. The van der Waals surface area contributed by atoms with Gasteiger partial charge >= 0.3 is 7.60 Å². The lowest BCUT2D eigenvalue weighted by Crippen LogP contribution is -2.13. The molecule has 1 heterocycles. The third kappa shape index (κ3) is 6.82. The number of carbonyl (C=O) groups is 1. The Hall–Kier alpha value is -2.91. The van der Waals surface area contributed by atoms with Crippen molar-refractivity contribution in [3.8, 4) is 11.3 Å².